The van der Waals surface area contributed by atoms with Gasteiger partial charge in [0.05, 0.1) is 11.5 Å². The molecule has 114 valence electrons. The van der Waals surface area contributed by atoms with Gasteiger partial charge in [0, 0.05) is 39.0 Å². The van der Waals surface area contributed by atoms with Crippen LogP contribution in [-0.4, -0.2) is 58.7 Å². The van der Waals surface area contributed by atoms with E-state index in [0.29, 0.717) is 25.5 Å². The van der Waals surface area contributed by atoms with Gasteiger partial charge in [-0.3, -0.25) is 0 Å². The molecule has 9 heteroatoms. The molecule has 1 heterocycles. The number of nitrogens with one attached hydrogen (secondary N) is 2. The largest absolute Gasteiger partial charge is 0.383 e. The number of sulfonamides is 1. The molecule has 0 aromatic carbocycles. The summed E-state index contributed by atoms with van der Waals surface area (Å²) in [7, 11) is -0.0255. The monoisotopic (exact) mass is 303 g/mol. The predicted octanol–water partition coefficient (Wildman–Crippen LogP) is -0.776. The van der Waals surface area contributed by atoms with Crippen molar-refractivity contribution in [2.24, 2.45) is 5.84 Å². The van der Waals surface area contributed by atoms with Gasteiger partial charge in [0.25, 0.3) is 0 Å². The van der Waals surface area contributed by atoms with Crippen molar-refractivity contribution < 1.29 is 13.2 Å². The Labute approximate surface area is 119 Å². The Kier molecular flexibility index (Phi) is 6.82. The summed E-state index contributed by atoms with van der Waals surface area (Å²) in [5, 5.41) is 0. The number of hydrazine groups is 1. The third-order valence-electron chi connectivity index (χ3n) is 2.65. The highest BCUT2D eigenvalue weighted by Crippen LogP contribution is 2.11. The minimum Gasteiger partial charge on any atom is -0.383 e. The zero-order valence-electron chi connectivity index (χ0n) is 11.7. The minimum absolute atomic E-state index is 0.125. The van der Waals surface area contributed by atoms with Gasteiger partial charge in [-0.2, -0.15) is 0 Å². The van der Waals surface area contributed by atoms with Crippen LogP contribution in [0.1, 0.15) is 0 Å². The van der Waals surface area contributed by atoms with E-state index in [1.165, 1.54) is 18.3 Å². The van der Waals surface area contributed by atoms with Crippen LogP contribution in [0.15, 0.2) is 23.2 Å². The lowest BCUT2D eigenvalue weighted by atomic mass is 10.5. The first-order chi connectivity index (χ1) is 9.49. The van der Waals surface area contributed by atoms with Gasteiger partial charge >= 0.3 is 0 Å². The Balaban J connectivity index is 2.53. The number of nitrogens with two attached hydrogens (primary N) is 1. The van der Waals surface area contributed by atoms with E-state index in [-0.39, 0.29) is 4.90 Å². The van der Waals surface area contributed by atoms with Crippen LogP contribution in [0.25, 0.3) is 0 Å². The molecule has 0 aliphatic rings. The Morgan fingerprint density at radius 3 is 2.85 bits per heavy atom. The highest BCUT2D eigenvalue weighted by Gasteiger charge is 2.14. The van der Waals surface area contributed by atoms with Gasteiger partial charge in [0.1, 0.15) is 5.82 Å². The summed E-state index contributed by atoms with van der Waals surface area (Å²) in [6.45, 7) is 2.26. The molecule has 1 rings (SSSR count). The fourth-order valence-electron chi connectivity index (χ4n) is 1.47. The van der Waals surface area contributed by atoms with Gasteiger partial charge in [-0.15, -0.1) is 0 Å². The van der Waals surface area contributed by atoms with Crippen molar-refractivity contribution in [2.75, 3.05) is 45.8 Å². The van der Waals surface area contributed by atoms with Crippen LogP contribution in [-0.2, 0) is 14.8 Å². The number of nitrogens with zero attached hydrogens (tertiary/aromatic N) is 2. The Bertz CT molecular complexity index is 509. The molecule has 0 bridgehead atoms. The number of methoxy groups -OCH3 is 1. The van der Waals surface area contributed by atoms with E-state index in [1.54, 1.807) is 7.11 Å². The summed E-state index contributed by atoms with van der Waals surface area (Å²) >= 11 is 0. The molecule has 0 saturated carbocycles. The molecule has 0 fully saturated rings. The van der Waals surface area contributed by atoms with Crippen LogP contribution in [0, 0.1) is 0 Å². The molecule has 0 aliphatic carbocycles. The van der Waals surface area contributed by atoms with E-state index in [1.807, 2.05) is 11.9 Å². The Morgan fingerprint density at radius 2 is 2.20 bits per heavy atom. The van der Waals surface area contributed by atoms with Crippen molar-refractivity contribution in [2.45, 2.75) is 4.90 Å². The molecule has 20 heavy (non-hydrogen) atoms. The molecule has 8 nitrogen and oxygen atoms in total. The number of hydrogen-bond acceptors (Lipinski definition) is 7. The third kappa shape index (κ3) is 5.39. The average Bonchev–Trinajstić information content (AvgIpc) is 2.45. The van der Waals surface area contributed by atoms with E-state index in [0.717, 1.165) is 6.54 Å². The van der Waals surface area contributed by atoms with Gasteiger partial charge in [-0.05, 0) is 13.1 Å². The lowest BCUT2D eigenvalue weighted by Crippen LogP contribution is -2.34. The summed E-state index contributed by atoms with van der Waals surface area (Å²) in [5.74, 6) is 5.50. The topological polar surface area (TPSA) is 110 Å². The lowest BCUT2D eigenvalue weighted by molar-refractivity contribution is 0.162. The van der Waals surface area contributed by atoms with E-state index < -0.39 is 10.0 Å². The van der Waals surface area contributed by atoms with Crippen molar-refractivity contribution in [1.29, 1.82) is 0 Å². The van der Waals surface area contributed by atoms with Crippen molar-refractivity contribution >= 4 is 15.8 Å². The molecule has 0 aliphatic heterocycles. The maximum atomic E-state index is 12.0. The van der Waals surface area contributed by atoms with Gasteiger partial charge in [-0.25, -0.2) is 24.0 Å². The molecule has 0 saturated heterocycles. The smallest absolute Gasteiger partial charge is 0.240 e. The predicted molar refractivity (Wildman–Crippen MR) is 76.6 cm³/mol. The number of nitrogen functional groups attached to an aromatic ring is 1. The van der Waals surface area contributed by atoms with Gasteiger partial charge < -0.3 is 15.1 Å². The first-order valence-electron chi connectivity index (χ1n) is 6.09. The van der Waals surface area contributed by atoms with Crippen LogP contribution < -0.4 is 16.0 Å². The Hall–Kier alpha value is -1.26. The van der Waals surface area contributed by atoms with Crippen molar-refractivity contribution in [3.8, 4) is 0 Å². The molecular weight excluding hydrogens is 282 g/mol. The number of likely N-dealkylation sites (N-methyl/N-ethyl adjacent to an activating group) is 1. The van der Waals surface area contributed by atoms with Crippen LogP contribution in [0.4, 0.5) is 5.82 Å². The van der Waals surface area contributed by atoms with E-state index >= 15 is 0 Å². The van der Waals surface area contributed by atoms with Crippen molar-refractivity contribution in [3.63, 3.8) is 0 Å². The number of ether oxygens (including phenoxy) is 1. The van der Waals surface area contributed by atoms with Crippen LogP contribution in [0.3, 0.4) is 0 Å². The quantitative estimate of drug-likeness (QED) is 0.405. The number of aromatic nitrogens is 1. The summed E-state index contributed by atoms with van der Waals surface area (Å²) in [4.78, 5) is 5.97. The molecule has 1 aromatic heterocycles. The molecule has 4 N–H and O–H groups in total. The molecular formula is C11H21N5O3S. The highest BCUT2D eigenvalue weighted by molar-refractivity contribution is 7.89. The van der Waals surface area contributed by atoms with E-state index in [2.05, 4.69) is 15.1 Å². The van der Waals surface area contributed by atoms with Crippen molar-refractivity contribution in [1.82, 2.24) is 14.6 Å². The summed E-state index contributed by atoms with van der Waals surface area (Å²) in [6.07, 6.45) is 1.38. The fourth-order valence-corrected chi connectivity index (χ4v) is 2.50. The normalized spacial score (nSPS) is 11.8. The number of anilines is 1. The van der Waals surface area contributed by atoms with Crippen LogP contribution in [0.5, 0.6) is 0 Å². The second-order valence-corrected chi connectivity index (χ2v) is 5.98. The zero-order valence-corrected chi connectivity index (χ0v) is 12.5. The standard InChI is InChI=1S/C11H21N5O3S/c1-16(7-8-19-2)6-5-14-20(17,18)10-3-4-13-11(9-10)15-12/h3-4,9,14H,5-8,12H2,1-2H3,(H,13,15). The SMILES string of the molecule is COCCN(C)CCNS(=O)(=O)c1ccnc(NN)c1. The molecule has 0 atom stereocenters. The van der Waals surface area contributed by atoms with E-state index in [9.17, 15) is 8.42 Å². The Morgan fingerprint density at radius 1 is 1.45 bits per heavy atom. The lowest BCUT2D eigenvalue weighted by Gasteiger charge is -2.16. The molecule has 0 unspecified atom stereocenters. The first kappa shape index (κ1) is 16.8. The van der Waals surface area contributed by atoms with Crippen LogP contribution in [0.2, 0.25) is 0 Å². The second kappa shape index (κ2) is 8.12. The molecule has 0 amide bonds. The molecule has 1 aromatic rings. The fraction of sp³-hybridized carbons (Fsp3) is 0.545. The number of pyridine rings is 1. The zero-order chi connectivity index (χ0) is 15.0. The minimum atomic E-state index is -3.55. The maximum absolute atomic E-state index is 12.0. The first-order valence-corrected chi connectivity index (χ1v) is 7.57. The van der Waals surface area contributed by atoms with Gasteiger partial charge in [0.2, 0.25) is 10.0 Å². The van der Waals surface area contributed by atoms with E-state index in [4.69, 9.17) is 10.6 Å². The maximum Gasteiger partial charge on any atom is 0.240 e. The summed E-state index contributed by atoms with van der Waals surface area (Å²) in [5.41, 5.74) is 2.31. The van der Waals surface area contributed by atoms with Crippen molar-refractivity contribution in [3.05, 3.63) is 18.3 Å². The number of rotatable bonds is 9. The van der Waals surface area contributed by atoms with Gasteiger partial charge in [-0.1, -0.05) is 0 Å². The number of hydrogen-bond donors (Lipinski definition) is 3. The molecule has 0 spiro atoms. The third-order valence-corrected chi connectivity index (χ3v) is 4.11. The molecule has 0 radical (unpaired) electrons. The highest BCUT2D eigenvalue weighted by atomic mass is 32.2. The van der Waals surface area contributed by atoms with Crippen LogP contribution >= 0.6 is 0 Å². The second-order valence-electron chi connectivity index (χ2n) is 4.21. The van der Waals surface area contributed by atoms with Gasteiger partial charge in [0.15, 0.2) is 0 Å². The summed E-state index contributed by atoms with van der Waals surface area (Å²) in [6, 6.07) is 2.79. The summed E-state index contributed by atoms with van der Waals surface area (Å²) < 4.78 is 31.6. The average molecular weight is 303 g/mol.